The number of hydrogen-bond donors (Lipinski definition) is 1. The Hall–Kier alpha value is -0.140. The maximum absolute atomic E-state index is 11.7. The van der Waals surface area contributed by atoms with Crippen LogP contribution in [0, 0.1) is 3.57 Å². The number of benzene rings is 1. The Morgan fingerprint density at radius 3 is 2.38 bits per heavy atom. The third-order valence-electron chi connectivity index (χ3n) is 2.18. The number of sulfone groups is 1. The zero-order chi connectivity index (χ0) is 12.2. The summed E-state index contributed by atoms with van der Waals surface area (Å²) in [7, 11) is -3.02. The van der Waals surface area contributed by atoms with Gasteiger partial charge in [0.15, 0.2) is 9.84 Å². The van der Waals surface area contributed by atoms with Crippen LogP contribution in [0.4, 0.5) is 0 Å². The molecular formula is C11H16INO2S. The number of halogens is 1. The predicted molar refractivity (Wildman–Crippen MR) is 74.9 cm³/mol. The highest BCUT2D eigenvalue weighted by atomic mass is 127. The fourth-order valence-electron chi connectivity index (χ4n) is 1.27. The zero-order valence-electron chi connectivity index (χ0n) is 9.19. The van der Waals surface area contributed by atoms with Crippen molar-refractivity contribution in [2.45, 2.75) is 25.1 Å². The van der Waals surface area contributed by atoms with Crippen LogP contribution in [0.3, 0.4) is 0 Å². The van der Waals surface area contributed by atoms with Crippen LogP contribution in [-0.2, 0) is 15.6 Å². The molecule has 2 N–H and O–H groups in total. The molecule has 90 valence electrons. The monoisotopic (exact) mass is 353 g/mol. The maximum atomic E-state index is 11.7. The largest absolute Gasteiger partial charge is 0.328 e. The van der Waals surface area contributed by atoms with E-state index in [2.05, 4.69) is 22.6 Å². The number of rotatable bonds is 5. The number of nitrogens with two attached hydrogens (primary N) is 1. The molecule has 1 aromatic rings. The highest BCUT2D eigenvalue weighted by Crippen LogP contribution is 2.11. The highest BCUT2D eigenvalue weighted by Gasteiger charge is 2.12. The van der Waals surface area contributed by atoms with Gasteiger partial charge in [-0.1, -0.05) is 12.1 Å². The van der Waals surface area contributed by atoms with Gasteiger partial charge in [0.25, 0.3) is 0 Å². The second kappa shape index (κ2) is 5.97. The SMILES string of the molecule is CC(N)CCS(=O)(=O)Cc1ccc(I)cc1. The lowest BCUT2D eigenvalue weighted by atomic mass is 10.2. The van der Waals surface area contributed by atoms with Crippen molar-refractivity contribution in [2.75, 3.05) is 5.75 Å². The summed E-state index contributed by atoms with van der Waals surface area (Å²) >= 11 is 2.19. The van der Waals surface area contributed by atoms with Crippen molar-refractivity contribution in [3.05, 3.63) is 33.4 Å². The molecule has 0 heterocycles. The quantitative estimate of drug-likeness (QED) is 0.823. The van der Waals surface area contributed by atoms with Gasteiger partial charge in [0.1, 0.15) is 0 Å². The Labute approximate surface area is 110 Å². The predicted octanol–water partition coefficient (Wildman–Crippen LogP) is 1.94. The Morgan fingerprint density at radius 2 is 1.88 bits per heavy atom. The van der Waals surface area contributed by atoms with E-state index in [0.29, 0.717) is 6.42 Å². The van der Waals surface area contributed by atoms with E-state index in [1.54, 1.807) is 0 Å². The molecular weight excluding hydrogens is 337 g/mol. The van der Waals surface area contributed by atoms with Crippen molar-refractivity contribution in [1.29, 1.82) is 0 Å². The third-order valence-corrected chi connectivity index (χ3v) is 4.53. The molecule has 1 aromatic carbocycles. The van der Waals surface area contributed by atoms with Gasteiger partial charge in [-0.2, -0.15) is 0 Å². The van der Waals surface area contributed by atoms with E-state index in [1.165, 1.54) is 0 Å². The summed E-state index contributed by atoms with van der Waals surface area (Å²) in [5.74, 6) is 0.271. The highest BCUT2D eigenvalue weighted by molar-refractivity contribution is 14.1. The van der Waals surface area contributed by atoms with E-state index < -0.39 is 9.84 Å². The first-order valence-electron chi connectivity index (χ1n) is 5.09. The van der Waals surface area contributed by atoms with Crippen molar-refractivity contribution in [3.63, 3.8) is 0 Å². The van der Waals surface area contributed by atoms with Crippen LogP contribution in [0.15, 0.2) is 24.3 Å². The first kappa shape index (κ1) is 13.9. The van der Waals surface area contributed by atoms with Crippen LogP contribution in [0.1, 0.15) is 18.9 Å². The van der Waals surface area contributed by atoms with Crippen molar-refractivity contribution in [3.8, 4) is 0 Å². The average molecular weight is 353 g/mol. The van der Waals surface area contributed by atoms with Gasteiger partial charge >= 0.3 is 0 Å². The van der Waals surface area contributed by atoms with Crippen LogP contribution < -0.4 is 5.73 Å². The lowest BCUT2D eigenvalue weighted by molar-refractivity contribution is 0.586. The van der Waals surface area contributed by atoms with E-state index in [0.717, 1.165) is 9.13 Å². The Balaban J connectivity index is 2.62. The molecule has 1 atom stereocenters. The van der Waals surface area contributed by atoms with Crippen molar-refractivity contribution >= 4 is 32.4 Å². The second-order valence-corrected chi connectivity index (χ2v) is 7.41. The lowest BCUT2D eigenvalue weighted by Gasteiger charge is -2.06. The Morgan fingerprint density at radius 1 is 1.31 bits per heavy atom. The Kier molecular flexibility index (Phi) is 5.20. The molecule has 0 bridgehead atoms. The van der Waals surface area contributed by atoms with Gasteiger partial charge in [-0.3, -0.25) is 0 Å². The molecule has 0 saturated heterocycles. The van der Waals surface area contributed by atoms with E-state index in [-0.39, 0.29) is 17.5 Å². The van der Waals surface area contributed by atoms with Gasteiger partial charge in [0, 0.05) is 9.61 Å². The molecule has 0 aliphatic rings. The molecule has 16 heavy (non-hydrogen) atoms. The third kappa shape index (κ3) is 5.27. The second-order valence-electron chi connectivity index (χ2n) is 3.98. The molecule has 5 heteroatoms. The summed E-state index contributed by atoms with van der Waals surface area (Å²) in [4.78, 5) is 0. The molecule has 1 unspecified atom stereocenters. The summed E-state index contributed by atoms with van der Waals surface area (Å²) in [6, 6.07) is 7.47. The molecule has 1 rings (SSSR count). The standard InChI is InChI=1S/C11H16INO2S/c1-9(13)6-7-16(14,15)8-10-2-4-11(12)5-3-10/h2-5,9H,6-8,13H2,1H3. The molecule has 0 fully saturated rings. The van der Waals surface area contributed by atoms with E-state index in [1.807, 2.05) is 31.2 Å². The van der Waals surface area contributed by atoms with Gasteiger partial charge in [-0.25, -0.2) is 8.42 Å². The first-order valence-corrected chi connectivity index (χ1v) is 7.99. The molecule has 0 radical (unpaired) electrons. The minimum absolute atomic E-state index is 0.0634. The van der Waals surface area contributed by atoms with Crippen LogP contribution in [0.25, 0.3) is 0 Å². The molecule has 0 amide bonds. The van der Waals surface area contributed by atoms with Gasteiger partial charge in [-0.15, -0.1) is 0 Å². The smallest absolute Gasteiger partial charge is 0.154 e. The Bertz CT molecular complexity index is 426. The lowest BCUT2D eigenvalue weighted by Crippen LogP contribution is -2.20. The van der Waals surface area contributed by atoms with Crippen LogP contribution in [0.2, 0.25) is 0 Å². The van der Waals surface area contributed by atoms with E-state index in [4.69, 9.17) is 5.73 Å². The topological polar surface area (TPSA) is 60.2 Å². The summed E-state index contributed by atoms with van der Waals surface area (Å²) in [6.45, 7) is 1.82. The summed E-state index contributed by atoms with van der Waals surface area (Å²) in [5, 5.41) is 0. The molecule has 0 aromatic heterocycles. The molecule has 0 aliphatic heterocycles. The minimum atomic E-state index is -3.02. The van der Waals surface area contributed by atoms with E-state index >= 15 is 0 Å². The minimum Gasteiger partial charge on any atom is -0.328 e. The summed E-state index contributed by atoms with van der Waals surface area (Å²) < 4.78 is 24.6. The fraction of sp³-hybridized carbons (Fsp3) is 0.455. The van der Waals surface area contributed by atoms with Crippen LogP contribution in [-0.4, -0.2) is 20.2 Å². The molecule has 0 aliphatic carbocycles. The van der Waals surface area contributed by atoms with Gasteiger partial charge in [0.05, 0.1) is 11.5 Å². The van der Waals surface area contributed by atoms with Crippen LogP contribution >= 0.6 is 22.6 Å². The molecule has 0 spiro atoms. The van der Waals surface area contributed by atoms with E-state index in [9.17, 15) is 8.42 Å². The van der Waals surface area contributed by atoms with Crippen molar-refractivity contribution < 1.29 is 8.42 Å². The first-order chi connectivity index (χ1) is 7.39. The summed E-state index contributed by atoms with van der Waals surface area (Å²) in [6.07, 6.45) is 0.521. The van der Waals surface area contributed by atoms with Crippen molar-refractivity contribution in [1.82, 2.24) is 0 Å². The van der Waals surface area contributed by atoms with Crippen molar-refractivity contribution in [2.24, 2.45) is 5.73 Å². The van der Waals surface area contributed by atoms with Crippen LogP contribution in [0.5, 0.6) is 0 Å². The molecule has 0 saturated carbocycles. The van der Waals surface area contributed by atoms with Gasteiger partial charge in [-0.05, 0) is 53.6 Å². The van der Waals surface area contributed by atoms with Gasteiger partial charge in [0.2, 0.25) is 0 Å². The molecule has 3 nitrogen and oxygen atoms in total. The average Bonchev–Trinajstić information content (AvgIpc) is 2.19. The van der Waals surface area contributed by atoms with Gasteiger partial charge < -0.3 is 5.73 Å². The fourth-order valence-corrected chi connectivity index (χ4v) is 3.21. The normalized spacial score (nSPS) is 13.7. The summed E-state index contributed by atoms with van der Waals surface area (Å²) in [5.41, 5.74) is 6.39. The number of hydrogen-bond acceptors (Lipinski definition) is 3. The zero-order valence-corrected chi connectivity index (χ0v) is 12.2. The maximum Gasteiger partial charge on any atom is 0.154 e.